The summed E-state index contributed by atoms with van der Waals surface area (Å²) in [6.45, 7) is 6.40. The van der Waals surface area contributed by atoms with Gasteiger partial charge in [-0.3, -0.25) is 5.32 Å². The first kappa shape index (κ1) is 28.7. The number of benzene rings is 3. The highest BCUT2D eigenvalue weighted by molar-refractivity contribution is 5.71. The number of allylic oxidation sites excluding steroid dienone is 2. The Labute approximate surface area is 226 Å². The lowest BCUT2D eigenvalue weighted by molar-refractivity contribution is 0.0548. The Morgan fingerprint density at radius 3 is 2.16 bits per heavy atom. The normalized spacial score (nSPS) is 13.1. The van der Waals surface area contributed by atoms with Crippen molar-refractivity contribution in [2.45, 2.75) is 45.3 Å². The zero-order valence-electron chi connectivity index (χ0n) is 22.4. The minimum Gasteiger partial charge on any atom is -0.444 e. The molecular weight excluding hydrogens is 474 g/mol. The monoisotopic (exact) mass is 511 g/mol. The number of carbonyl (C=O) groups excluding carboxylic acids is 1. The van der Waals surface area contributed by atoms with Crippen LogP contribution < -0.4 is 5.32 Å². The summed E-state index contributed by atoms with van der Waals surface area (Å²) in [5.41, 5.74) is 2.71. The second kappa shape index (κ2) is 14.8. The number of hydrogen-bond acceptors (Lipinski definition) is 4. The maximum absolute atomic E-state index is 12.7. The third kappa shape index (κ3) is 10.3. The SMILES string of the molecule is CC(C)(C)OC(=O)N/C(C#Cc1ccccc1)=C\[C@H](c1ccccc1)[C@H](CO)CCOCc1ccccc1. The number of aliphatic hydroxyl groups excluding tert-OH is 1. The Morgan fingerprint density at radius 1 is 0.947 bits per heavy atom. The maximum Gasteiger partial charge on any atom is 0.412 e. The van der Waals surface area contributed by atoms with E-state index in [1.807, 2.05) is 118 Å². The number of alkyl carbamates (subject to hydrolysis) is 1. The molecule has 0 bridgehead atoms. The minimum atomic E-state index is -0.648. The summed E-state index contributed by atoms with van der Waals surface area (Å²) in [6, 6.07) is 29.5. The van der Waals surface area contributed by atoms with Crippen molar-refractivity contribution in [1.29, 1.82) is 0 Å². The predicted molar refractivity (Wildman–Crippen MR) is 151 cm³/mol. The fraction of sp³-hybridized carbons (Fsp3) is 0.303. The van der Waals surface area contributed by atoms with Gasteiger partial charge >= 0.3 is 6.09 Å². The highest BCUT2D eigenvalue weighted by atomic mass is 16.6. The highest BCUT2D eigenvalue weighted by Crippen LogP contribution is 2.30. The van der Waals surface area contributed by atoms with E-state index in [1.165, 1.54) is 0 Å². The number of rotatable bonds is 10. The van der Waals surface area contributed by atoms with Gasteiger partial charge in [0.2, 0.25) is 0 Å². The quantitative estimate of drug-likeness (QED) is 0.243. The minimum absolute atomic E-state index is 0.0451. The Morgan fingerprint density at radius 2 is 1.55 bits per heavy atom. The summed E-state index contributed by atoms with van der Waals surface area (Å²) in [5.74, 6) is 5.87. The van der Waals surface area contributed by atoms with Gasteiger partial charge in [0, 0.05) is 24.7 Å². The molecule has 0 saturated carbocycles. The van der Waals surface area contributed by atoms with Crippen LogP contribution in [0.15, 0.2) is 103 Å². The van der Waals surface area contributed by atoms with Gasteiger partial charge in [0.05, 0.1) is 12.3 Å². The van der Waals surface area contributed by atoms with Crippen LogP contribution in [-0.4, -0.2) is 30.0 Å². The number of nitrogens with one attached hydrogen (secondary N) is 1. The molecule has 3 rings (SSSR count). The van der Waals surface area contributed by atoms with Crippen molar-refractivity contribution in [3.05, 3.63) is 119 Å². The molecule has 0 aliphatic heterocycles. The largest absolute Gasteiger partial charge is 0.444 e. The van der Waals surface area contributed by atoms with Crippen LogP contribution in [0.5, 0.6) is 0 Å². The van der Waals surface area contributed by atoms with Crippen LogP contribution in [0.2, 0.25) is 0 Å². The van der Waals surface area contributed by atoms with Crippen molar-refractivity contribution in [3.63, 3.8) is 0 Å². The van der Waals surface area contributed by atoms with E-state index in [0.29, 0.717) is 25.3 Å². The first-order valence-corrected chi connectivity index (χ1v) is 12.9. The van der Waals surface area contributed by atoms with Gasteiger partial charge in [0.15, 0.2) is 0 Å². The Balaban J connectivity index is 1.86. The molecule has 3 aromatic carbocycles. The van der Waals surface area contributed by atoms with Crippen molar-refractivity contribution in [1.82, 2.24) is 5.32 Å². The van der Waals surface area contributed by atoms with Gasteiger partial charge in [0.1, 0.15) is 5.60 Å². The van der Waals surface area contributed by atoms with E-state index < -0.39 is 11.7 Å². The third-order valence-electron chi connectivity index (χ3n) is 5.77. The second-order valence-electron chi connectivity index (χ2n) is 10.0. The summed E-state index contributed by atoms with van der Waals surface area (Å²) >= 11 is 0. The molecule has 198 valence electrons. The molecule has 0 aliphatic rings. The molecule has 5 nitrogen and oxygen atoms in total. The maximum atomic E-state index is 12.7. The standard InChI is InChI=1S/C33H37NO4/c1-33(2,3)38-32(36)34-30(20-19-26-13-7-4-8-14-26)23-31(28-17-11-6-12-18-28)29(24-35)21-22-37-25-27-15-9-5-10-16-27/h4-18,23,29,31,35H,21-22,24-25H2,1-3H3,(H,34,36)/b30-23-/t29-,31+/m0/s1. The number of amides is 1. The number of aliphatic hydroxyl groups is 1. The third-order valence-corrected chi connectivity index (χ3v) is 5.77. The number of carbonyl (C=O) groups is 1. The van der Waals surface area contributed by atoms with Gasteiger partial charge in [-0.1, -0.05) is 84.8 Å². The summed E-state index contributed by atoms with van der Waals surface area (Å²) in [4.78, 5) is 12.7. The summed E-state index contributed by atoms with van der Waals surface area (Å²) in [5, 5.41) is 13.2. The van der Waals surface area contributed by atoms with Crippen LogP contribution in [0, 0.1) is 17.8 Å². The lowest BCUT2D eigenvalue weighted by Gasteiger charge is -2.25. The average molecular weight is 512 g/mol. The van der Waals surface area contributed by atoms with Gasteiger partial charge in [-0.25, -0.2) is 4.79 Å². The zero-order chi connectivity index (χ0) is 27.2. The number of hydrogen-bond donors (Lipinski definition) is 2. The molecule has 0 saturated heterocycles. The van der Waals surface area contributed by atoms with Crippen LogP contribution in [-0.2, 0) is 16.1 Å². The molecule has 5 heteroatoms. The molecule has 0 radical (unpaired) electrons. The van der Waals surface area contributed by atoms with Crippen molar-refractivity contribution < 1.29 is 19.4 Å². The van der Waals surface area contributed by atoms with Gasteiger partial charge in [-0.2, -0.15) is 0 Å². The molecule has 0 heterocycles. The van der Waals surface area contributed by atoms with Crippen LogP contribution in [0.3, 0.4) is 0 Å². The highest BCUT2D eigenvalue weighted by Gasteiger charge is 2.23. The Hall–Kier alpha value is -3.85. The van der Waals surface area contributed by atoms with Crippen LogP contribution in [0.25, 0.3) is 0 Å². The fourth-order valence-corrected chi connectivity index (χ4v) is 3.93. The van der Waals surface area contributed by atoms with E-state index in [-0.39, 0.29) is 18.4 Å². The number of ether oxygens (including phenoxy) is 2. The first-order valence-electron chi connectivity index (χ1n) is 12.9. The Kier molecular flexibility index (Phi) is 11.2. The second-order valence-corrected chi connectivity index (χ2v) is 10.0. The molecule has 0 aromatic heterocycles. The van der Waals surface area contributed by atoms with Crippen molar-refractivity contribution in [2.24, 2.45) is 5.92 Å². The van der Waals surface area contributed by atoms with E-state index in [9.17, 15) is 9.90 Å². The molecular formula is C33H37NO4. The van der Waals surface area contributed by atoms with Gasteiger partial charge < -0.3 is 14.6 Å². The van der Waals surface area contributed by atoms with Gasteiger partial charge in [-0.15, -0.1) is 0 Å². The Bertz CT molecular complexity index is 1210. The van der Waals surface area contributed by atoms with Crippen molar-refractivity contribution in [2.75, 3.05) is 13.2 Å². The van der Waals surface area contributed by atoms with E-state index in [1.54, 1.807) is 0 Å². The molecule has 1 amide bonds. The van der Waals surface area contributed by atoms with Gasteiger partial charge in [-0.05, 0) is 68.4 Å². The van der Waals surface area contributed by atoms with Crippen LogP contribution in [0.1, 0.15) is 49.8 Å². The lowest BCUT2D eigenvalue weighted by Crippen LogP contribution is -2.32. The van der Waals surface area contributed by atoms with Crippen molar-refractivity contribution >= 4 is 6.09 Å². The van der Waals surface area contributed by atoms with Crippen LogP contribution in [0.4, 0.5) is 4.79 Å². The topological polar surface area (TPSA) is 67.8 Å². The first-order chi connectivity index (χ1) is 18.3. The molecule has 38 heavy (non-hydrogen) atoms. The molecule has 2 N–H and O–H groups in total. The molecule has 0 fully saturated rings. The van der Waals surface area contributed by atoms with Crippen molar-refractivity contribution in [3.8, 4) is 11.8 Å². The molecule has 2 atom stereocenters. The molecule has 0 unspecified atom stereocenters. The van der Waals surface area contributed by atoms with E-state index in [4.69, 9.17) is 9.47 Å². The van der Waals surface area contributed by atoms with E-state index in [0.717, 1.165) is 16.7 Å². The van der Waals surface area contributed by atoms with Gasteiger partial charge in [0.25, 0.3) is 0 Å². The average Bonchev–Trinajstić information content (AvgIpc) is 2.91. The molecule has 3 aromatic rings. The molecule has 0 aliphatic carbocycles. The zero-order valence-corrected chi connectivity index (χ0v) is 22.4. The van der Waals surface area contributed by atoms with Crippen LogP contribution >= 0.6 is 0 Å². The smallest absolute Gasteiger partial charge is 0.412 e. The molecule has 0 spiro atoms. The predicted octanol–water partition coefficient (Wildman–Crippen LogP) is 6.45. The summed E-state index contributed by atoms with van der Waals surface area (Å²) in [6.07, 6.45) is 1.96. The fourth-order valence-electron chi connectivity index (χ4n) is 3.93. The van der Waals surface area contributed by atoms with E-state index in [2.05, 4.69) is 17.2 Å². The summed E-state index contributed by atoms with van der Waals surface area (Å²) < 4.78 is 11.4. The lowest BCUT2D eigenvalue weighted by atomic mass is 9.83. The van der Waals surface area contributed by atoms with E-state index >= 15 is 0 Å². The summed E-state index contributed by atoms with van der Waals surface area (Å²) in [7, 11) is 0.